The zero-order valence-electron chi connectivity index (χ0n) is 19.0. The van der Waals surface area contributed by atoms with Gasteiger partial charge in [-0.3, -0.25) is 14.3 Å². The monoisotopic (exact) mass is 469 g/mol. The summed E-state index contributed by atoms with van der Waals surface area (Å²) in [5.41, 5.74) is 3.04. The summed E-state index contributed by atoms with van der Waals surface area (Å²) in [6, 6.07) is 12.1. The lowest BCUT2D eigenvalue weighted by molar-refractivity contribution is -0.133. The Kier molecular flexibility index (Phi) is 7.02. The first-order valence-corrected chi connectivity index (χ1v) is 13.1. The molecule has 1 N–H and O–H groups in total. The van der Waals surface area contributed by atoms with Gasteiger partial charge in [0.05, 0.1) is 4.90 Å². The zero-order chi connectivity index (χ0) is 23.4. The molecule has 0 atom stereocenters. The molecule has 0 bridgehead atoms. The van der Waals surface area contributed by atoms with Gasteiger partial charge in [0.1, 0.15) is 0 Å². The van der Waals surface area contributed by atoms with E-state index in [0.29, 0.717) is 18.7 Å². The maximum atomic E-state index is 12.8. The van der Waals surface area contributed by atoms with E-state index >= 15 is 0 Å². The van der Waals surface area contributed by atoms with Crippen LogP contribution in [-0.4, -0.2) is 44.8 Å². The molecule has 2 aromatic rings. The number of likely N-dealkylation sites (tertiary alicyclic amines) is 1. The third-order valence-corrected chi connectivity index (χ3v) is 7.72. The Labute approximate surface area is 195 Å². The van der Waals surface area contributed by atoms with Crippen molar-refractivity contribution in [1.29, 1.82) is 0 Å². The number of carbonyl (C=O) groups excluding carboxylic acids is 2. The molecule has 176 valence electrons. The second-order valence-corrected chi connectivity index (χ2v) is 10.5. The largest absolute Gasteiger partial charge is 0.343 e. The minimum absolute atomic E-state index is 0.0494. The van der Waals surface area contributed by atoms with Gasteiger partial charge in [0.25, 0.3) is 10.0 Å². The van der Waals surface area contributed by atoms with Crippen LogP contribution < -0.4 is 9.62 Å². The summed E-state index contributed by atoms with van der Waals surface area (Å²) >= 11 is 0. The quantitative estimate of drug-likeness (QED) is 0.696. The number of sulfonamides is 1. The number of carbonyl (C=O) groups is 2. The summed E-state index contributed by atoms with van der Waals surface area (Å²) in [4.78, 5) is 29.1. The number of rotatable bonds is 6. The molecule has 2 heterocycles. The molecule has 7 nitrogen and oxygen atoms in total. The summed E-state index contributed by atoms with van der Waals surface area (Å²) in [5.74, 6) is -0.0428. The van der Waals surface area contributed by atoms with Gasteiger partial charge < -0.3 is 9.80 Å². The highest BCUT2D eigenvalue weighted by atomic mass is 32.2. The number of anilines is 2. The van der Waals surface area contributed by atoms with Gasteiger partial charge in [-0.05, 0) is 67.6 Å². The van der Waals surface area contributed by atoms with Crippen LogP contribution in [-0.2, 0) is 26.0 Å². The first-order valence-electron chi connectivity index (χ1n) is 11.6. The van der Waals surface area contributed by atoms with Crippen molar-refractivity contribution < 1.29 is 18.0 Å². The fraction of sp³-hybridized carbons (Fsp3) is 0.440. The van der Waals surface area contributed by atoms with Crippen molar-refractivity contribution in [3.8, 4) is 0 Å². The highest BCUT2D eigenvalue weighted by molar-refractivity contribution is 7.92. The van der Waals surface area contributed by atoms with Gasteiger partial charge >= 0.3 is 0 Å². The molecule has 1 fully saturated rings. The summed E-state index contributed by atoms with van der Waals surface area (Å²) in [7, 11) is -3.73. The van der Waals surface area contributed by atoms with Crippen molar-refractivity contribution in [3.63, 3.8) is 0 Å². The highest BCUT2D eigenvalue weighted by Gasteiger charge is 2.27. The van der Waals surface area contributed by atoms with Gasteiger partial charge in [-0.2, -0.15) is 0 Å². The molecule has 4 rings (SSSR count). The van der Waals surface area contributed by atoms with E-state index in [1.807, 2.05) is 17.9 Å². The Bertz CT molecular complexity index is 1140. The topological polar surface area (TPSA) is 86.8 Å². The van der Waals surface area contributed by atoms with Crippen LogP contribution in [0.25, 0.3) is 0 Å². The SMILES string of the molecule is Cc1cccc(NS(=O)(=O)c2ccc3c(c2)CCN3C(=O)CCC(=O)N2CCCCCC2)c1. The minimum atomic E-state index is -3.73. The lowest BCUT2D eigenvalue weighted by Gasteiger charge is -2.21. The number of benzene rings is 2. The van der Waals surface area contributed by atoms with Crippen LogP contribution >= 0.6 is 0 Å². The van der Waals surface area contributed by atoms with Crippen molar-refractivity contribution in [2.24, 2.45) is 0 Å². The molecule has 2 amide bonds. The number of nitrogens with zero attached hydrogens (tertiary/aromatic N) is 2. The van der Waals surface area contributed by atoms with Gasteiger partial charge in [-0.15, -0.1) is 0 Å². The molecular weight excluding hydrogens is 438 g/mol. The molecule has 33 heavy (non-hydrogen) atoms. The van der Waals surface area contributed by atoms with Crippen LogP contribution in [0.3, 0.4) is 0 Å². The Hall–Kier alpha value is -2.87. The number of nitrogens with one attached hydrogen (secondary N) is 1. The summed E-state index contributed by atoms with van der Waals surface area (Å²) in [5, 5.41) is 0. The van der Waals surface area contributed by atoms with Crippen LogP contribution in [0.1, 0.15) is 49.7 Å². The average molecular weight is 470 g/mol. The van der Waals surface area contributed by atoms with Crippen LogP contribution in [0.5, 0.6) is 0 Å². The third kappa shape index (κ3) is 5.55. The summed E-state index contributed by atoms with van der Waals surface area (Å²) < 4.78 is 28.3. The van der Waals surface area contributed by atoms with Gasteiger partial charge in [-0.1, -0.05) is 25.0 Å². The van der Waals surface area contributed by atoms with Crippen LogP contribution in [0.15, 0.2) is 47.4 Å². The van der Waals surface area contributed by atoms with Crippen molar-refractivity contribution in [3.05, 3.63) is 53.6 Å². The highest BCUT2D eigenvalue weighted by Crippen LogP contribution is 2.31. The van der Waals surface area contributed by atoms with Gasteiger partial charge in [0, 0.05) is 43.9 Å². The van der Waals surface area contributed by atoms with E-state index in [4.69, 9.17) is 0 Å². The Morgan fingerprint density at radius 1 is 0.909 bits per heavy atom. The molecule has 0 unspecified atom stereocenters. The molecule has 2 aliphatic heterocycles. The summed E-state index contributed by atoms with van der Waals surface area (Å²) in [6.07, 6.45) is 5.36. The second kappa shape index (κ2) is 9.95. The van der Waals surface area contributed by atoms with Crippen molar-refractivity contribution >= 4 is 33.2 Å². The Balaban J connectivity index is 1.40. The standard InChI is InChI=1S/C25H31N3O4S/c1-19-7-6-8-21(17-19)26-33(31,32)22-9-10-23-20(18-22)13-16-28(23)25(30)12-11-24(29)27-14-4-2-3-5-15-27/h6-10,17-18,26H,2-5,11-16H2,1H3. The fourth-order valence-corrected chi connectivity index (χ4v) is 5.65. The molecular formula is C25H31N3O4S. The third-order valence-electron chi connectivity index (χ3n) is 6.34. The van der Waals surface area contributed by atoms with Crippen molar-refractivity contribution in [2.45, 2.75) is 56.8 Å². The number of fused-ring (bicyclic) bond motifs is 1. The van der Waals surface area contributed by atoms with Crippen LogP contribution in [0.2, 0.25) is 0 Å². The second-order valence-electron chi connectivity index (χ2n) is 8.86. The molecule has 0 spiro atoms. The van der Waals surface area contributed by atoms with Crippen molar-refractivity contribution in [2.75, 3.05) is 29.3 Å². The predicted octanol–water partition coefficient (Wildman–Crippen LogP) is 3.87. The van der Waals surface area contributed by atoms with E-state index in [1.165, 1.54) is 6.07 Å². The number of aryl methyl sites for hydroxylation is 1. The lowest BCUT2D eigenvalue weighted by atomic mass is 10.2. The van der Waals surface area contributed by atoms with E-state index in [1.54, 1.807) is 35.2 Å². The number of hydrogen-bond donors (Lipinski definition) is 1. The first-order chi connectivity index (χ1) is 15.8. The van der Waals surface area contributed by atoms with Crippen LogP contribution in [0, 0.1) is 6.92 Å². The van der Waals surface area contributed by atoms with E-state index in [-0.39, 0.29) is 29.6 Å². The molecule has 0 aromatic heterocycles. The normalized spacial score (nSPS) is 16.3. The van der Waals surface area contributed by atoms with Gasteiger partial charge in [0.2, 0.25) is 11.8 Å². The Morgan fingerprint density at radius 3 is 2.36 bits per heavy atom. The minimum Gasteiger partial charge on any atom is -0.343 e. The number of hydrogen-bond acceptors (Lipinski definition) is 4. The molecule has 0 radical (unpaired) electrons. The smallest absolute Gasteiger partial charge is 0.261 e. The maximum Gasteiger partial charge on any atom is 0.261 e. The van der Waals surface area contributed by atoms with Gasteiger partial charge in [0.15, 0.2) is 0 Å². The Morgan fingerprint density at radius 2 is 1.64 bits per heavy atom. The molecule has 8 heteroatoms. The molecule has 1 saturated heterocycles. The fourth-order valence-electron chi connectivity index (χ4n) is 4.55. The van der Waals surface area contributed by atoms with Crippen LogP contribution in [0.4, 0.5) is 11.4 Å². The van der Waals surface area contributed by atoms with E-state index in [9.17, 15) is 18.0 Å². The molecule has 2 aromatic carbocycles. The number of amides is 2. The zero-order valence-corrected chi connectivity index (χ0v) is 19.9. The molecule has 0 saturated carbocycles. The van der Waals surface area contributed by atoms with E-state index in [0.717, 1.165) is 55.6 Å². The molecule has 2 aliphatic rings. The predicted molar refractivity (Wildman–Crippen MR) is 129 cm³/mol. The molecule has 0 aliphatic carbocycles. The van der Waals surface area contributed by atoms with Crippen molar-refractivity contribution in [1.82, 2.24) is 4.90 Å². The average Bonchev–Trinajstić information content (AvgIpc) is 3.01. The van der Waals surface area contributed by atoms with E-state index < -0.39 is 10.0 Å². The van der Waals surface area contributed by atoms with E-state index in [2.05, 4.69) is 4.72 Å². The summed E-state index contributed by atoms with van der Waals surface area (Å²) in [6.45, 7) is 3.97. The van der Waals surface area contributed by atoms with Gasteiger partial charge in [-0.25, -0.2) is 8.42 Å². The maximum absolute atomic E-state index is 12.8. The lowest BCUT2D eigenvalue weighted by Crippen LogP contribution is -2.34. The first kappa shape index (κ1) is 23.3.